The fourth-order valence-corrected chi connectivity index (χ4v) is 3.92. The van der Waals surface area contributed by atoms with E-state index in [0.717, 1.165) is 38.8 Å². The van der Waals surface area contributed by atoms with Gasteiger partial charge in [0.25, 0.3) is 0 Å². The summed E-state index contributed by atoms with van der Waals surface area (Å²) in [7, 11) is -0.909. The molecule has 88 valence electrons. The van der Waals surface area contributed by atoms with Crippen LogP contribution in [0.2, 0.25) is 0 Å². The highest BCUT2D eigenvalue weighted by molar-refractivity contribution is 7.88. The van der Waals surface area contributed by atoms with Crippen LogP contribution in [-0.2, 0) is 10.0 Å². The van der Waals surface area contributed by atoms with E-state index in [0.29, 0.717) is 6.04 Å². The highest BCUT2D eigenvalue weighted by atomic mass is 32.2. The van der Waals surface area contributed by atoms with Gasteiger partial charge in [0.1, 0.15) is 0 Å². The van der Waals surface area contributed by atoms with Gasteiger partial charge in [-0.25, -0.2) is 8.42 Å². The largest absolute Gasteiger partial charge is 0.306 e. The van der Waals surface area contributed by atoms with Crippen molar-refractivity contribution in [2.45, 2.75) is 37.8 Å². The van der Waals surface area contributed by atoms with Crippen molar-refractivity contribution in [1.29, 1.82) is 0 Å². The molecule has 2 rings (SSSR count). The van der Waals surface area contributed by atoms with Gasteiger partial charge in [-0.05, 0) is 45.8 Å². The Kier molecular flexibility index (Phi) is 3.05. The summed E-state index contributed by atoms with van der Waals surface area (Å²) in [5, 5.41) is 0. The lowest BCUT2D eigenvalue weighted by Crippen LogP contribution is -2.47. The summed E-state index contributed by atoms with van der Waals surface area (Å²) in [6, 6.07) is 0.567. The van der Waals surface area contributed by atoms with Crippen LogP contribution in [0.15, 0.2) is 0 Å². The minimum absolute atomic E-state index is 0.253. The predicted octanol–water partition coefficient (Wildman–Crippen LogP) is 0.505. The SMILES string of the molecule is CN1CCC(N(C2CC2)S(C)(=O)=O)CC1. The number of hydrogen-bond acceptors (Lipinski definition) is 3. The first kappa shape index (κ1) is 11.4. The number of rotatable bonds is 3. The first-order valence-corrected chi connectivity index (χ1v) is 7.50. The molecule has 1 aliphatic heterocycles. The van der Waals surface area contributed by atoms with Gasteiger partial charge in [0.2, 0.25) is 10.0 Å². The molecule has 5 heteroatoms. The molecule has 0 N–H and O–H groups in total. The molecule has 0 aromatic heterocycles. The van der Waals surface area contributed by atoms with Crippen LogP contribution in [0.3, 0.4) is 0 Å². The van der Waals surface area contributed by atoms with E-state index in [-0.39, 0.29) is 6.04 Å². The highest BCUT2D eigenvalue weighted by Gasteiger charge is 2.40. The second-order valence-electron chi connectivity index (χ2n) is 4.86. The van der Waals surface area contributed by atoms with E-state index in [9.17, 15) is 8.42 Å². The number of nitrogens with zero attached hydrogens (tertiary/aromatic N) is 2. The first-order valence-electron chi connectivity index (χ1n) is 5.65. The Morgan fingerprint density at radius 1 is 1.07 bits per heavy atom. The predicted molar refractivity (Wildman–Crippen MR) is 60.2 cm³/mol. The molecule has 0 unspecified atom stereocenters. The van der Waals surface area contributed by atoms with Crippen molar-refractivity contribution in [2.24, 2.45) is 0 Å². The van der Waals surface area contributed by atoms with Gasteiger partial charge in [-0.15, -0.1) is 0 Å². The van der Waals surface area contributed by atoms with Crippen LogP contribution >= 0.6 is 0 Å². The maximum absolute atomic E-state index is 11.7. The summed E-state index contributed by atoms with van der Waals surface area (Å²) in [6.45, 7) is 2.03. The Morgan fingerprint density at radius 3 is 1.93 bits per heavy atom. The molecule has 0 radical (unpaired) electrons. The lowest BCUT2D eigenvalue weighted by atomic mass is 10.1. The molecule has 2 aliphatic rings. The molecule has 1 saturated heterocycles. The third-order valence-electron chi connectivity index (χ3n) is 3.34. The van der Waals surface area contributed by atoms with Gasteiger partial charge >= 0.3 is 0 Å². The monoisotopic (exact) mass is 232 g/mol. The van der Waals surface area contributed by atoms with Crippen molar-refractivity contribution in [2.75, 3.05) is 26.4 Å². The van der Waals surface area contributed by atoms with E-state index >= 15 is 0 Å². The van der Waals surface area contributed by atoms with Gasteiger partial charge in [-0.3, -0.25) is 0 Å². The molecule has 0 atom stereocenters. The molecule has 0 spiro atoms. The first-order chi connectivity index (χ1) is 6.98. The molecule has 1 aliphatic carbocycles. The lowest BCUT2D eigenvalue weighted by molar-refractivity contribution is 0.179. The number of sulfonamides is 1. The van der Waals surface area contributed by atoms with Crippen LogP contribution in [0.1, 0.15) is 25.7 Å². The zero-order valence-electron chi connectivity index (χ0n) is 9.52. The van der Waals surface area contributed by atoms with Gasteiger partial charge in [0, 0.05) is 12.1 Å². The van der Waals surface area contributed by atoms with E-state index in [2.05, 4.69) is 11.9 Å². The minimum Gasteiger partial charge on any atom is -0.306 e. The van der Waals surface area contributed by atoms with Gasteiger partial charge in [0.15, 0.2) is 0 Å². The molecule has 0 aromatic carbocycles. The Morgan fingerprint density at radius 2 is 1.53 bits per heavy atom. The normalized spacial score (nSPS) is 26.1. The Hall–Kier alpha value is -0.130. The number of hydrogen-bond donors (Lipinski definition) is 0. The molecule has 0 bridgehead atoms. The quantitative estimate of drug-likeness (QED) is 0.711. The molecule has 0 aromatic rings. The van der Waals surface area contributed by atoms with Gasteiger partial charge in [-0.2, -0.15) is 4.31 Å². The van der Waals surface area contributed by atoms with Crippen molar-refractivity contribution in [1.82, 2.24) is 9.21 Å². The Bertz CT molecular complexity index is 316. The van der Waals surface area contributed by atoms with Crippen molar-refractivity contribution in [3.8, 4) is 0 Å². The van der Waals surface area contributed by atoms with Gasteiger partial charge in [0.05, 0.1) is 6.26 Å². The lowest BCUT2D eigenvalue weighted by Gasteiger charge is -2.35. The minimum atomic E-state index is -3.00. The zero-order valence-corrected chi connectivity index (χ0v) is 10.3. The van der Waals surface area contributed by atoms with E-state index in [1.54, 1.807) is 4.31 Å². The summed E-state index contributed by atoms with van der Waals surface area (Å²) in [5.74, 6) is 0. The highest BCUT2D eigenvalue weighted by Crippen LogP contribution is 2.33. The Labute approximate surface area is 92.3 Å². The van der Waals surface area contributed by atoms with Crippen molar-refractivity contribution < 1.29 is 8.42 Å². The summed E-state index contributed by atoms with van der Waals surface area (Å²) >= 11 is 0. The number of likely N-dealkylation sites (tertiary alicyclic amines) is 1. The second kappa shape index (κ2) is 4.03. The molecule has 2 fully saturated rings. The summed E-state index contributed by atoms with van der Waals surface area (Å²) in [6.07, 6.45) is 5.43. The van der Waals surface area contributed by atoms with E-state index in [1.165, 1.54) is 6.26 Å². The third kappa shape index (κ3) is 2.71. The molecule has 4 nitrogen and oxygen atoms in total. The standard InChI is InChI=1S/C10H20N2O2S/c1-11-7-5-10(6-8-11)12(9-3-4-9)15(2,13)14/h9-10H,3-8H2,1-2H3. The average molecular weight is 232 g/mol. The number of piperidine rings is 1. The smallest absolute Gasteiger partial charge is 0.211 e. The van der Waals surface area contributed by atoms with Crippen molar-refractivity contribution in [3.63, 3.8) is 0 Å². The fraction of sp³-hybridized carbons (Fsp3) is 1.00. The summed E-state index contributed by atoms with van der Waals surface area (Å²) < 4.78 is 25.2. The van der Waals surface area contributed by atoms with Crippen LogP contribution in [0.4, 0.5) is 0 Å². The summed E-state index contributed by atoms with van der Waals surface area (Å²) in [4.78, 5) is 2.27. The topological polar surface area (TPSA) is 40.6 Å². The Balaban J connectivity index is 2.05. The van der Waals surface area contributed by atoms with Crippen molar-refractivity contribution >= 4 is 10.0 Å². The molecule has 1 heterocycles. The second-order valence-corrected chi connectivity index (χ2v) is 6.75. The third-order valence-corrected chi connectivity index (χ3v) is 4.70. The molecule has 1 saturated carbocycles. The fourth-order valence-electron chi connectivity index (χ4n) is 2.42. The van der Waals surface area contributed by atoms with Crippen molar-refractivity contribution in [3.05, 3.63) is 0 Å². The zero-order chi connectivity index (χ0) is 11.1. The van der Waals surface area contributed by atoms with Crippen LogP contribution in [0, 0.1) is 0 Å². The van der Waals surface area contributed by atoms with Gasteiger partial charge < -0.3 is 4.90 Å². The van der Waals surface area contributed by atoms with E-state index < -0.39 is 10.0 Å². The van der Waals surface area contributed by atoms with Crippen LogP contribution in [-0.4, -0.2) is 56.1 Å². The maximum Gasteiger partial charge on any atom is 0.211 e. The van der Waals surface area contributed by atoms with Crippen LogP contribution in [0.5, 0.6) is 0 Å². The maximum atomic E-state index is 11.7. The van der Waals surface area contributed by atoms with E-state index in [4.69, 9.17) is 0 Å². The van der Waals surface area contributed by atoms with Crippen LogP contribution < -0.4 is 0 Å². The molecule has 15 heavy (non-hydrogen) atoms. The van der Waals surface area contributed by atoms with Gasteiger partial charge in [-0.1, -0.05) is 0 Å². The molecular formula is C10H20N2O2S. The summed E-state index contributed by atoms with van der Waals surface area (Å²) in [5.41, 5.74) is 0. The van der Waals surface area contributed by atoms with Crippen LogP contribution in [0.25, 0.3) is 0 Å². The van der Waals surface area contributed by atoms with E-state index in [1.807, 2.05) is 0 Å². The molecule has 0 amide bonds. The molecular weight excluding hydrogens is 212 g/mol. The average Bonchev–Trinajstić information content (AvgIpc) is 2.90.